The number of benzene rings is 1. The summed E-state index contributed by atoms with van der Waals surface area (Å²) in [7, 11) is 1.67. The van der Waals surface area contributed by atoms with Crippen molar-refractivity contribution in [1.29, 1.82) is 0 Å². The van der Waals surface area contributed by atoms with Crippen LogP contribution < -0.4 is 20.3 Å². The second-order valence-electron chi connectivity index (χ2n) is 7.63. The van der Waals surface area contributed by atoms with Crippen molar-refractivity contribution >= 4 is 17.6 Å². The van der Waals surface area contributed by atoms with Crippen LogP contribution in [0.5, 0.6) is 5.75 Å². The SMILES string of the molecule is COc1cccc(N2CCN(CC(=O)NC(=O)NCCC3=CCCCC3)CC2)c1. The van der Waals surface area contributed by atoms with Crippen LogP contribution in [0.15, 0.2) is 35.9 Å². The maximum absolute atomic E-state index is 12.2. The molecule has 158 valence electrons. The summed E-state index contributed by atoms with van der Waals surface area (Å²) in [5.41, 5.74) is 2.54. The van der Waals surface area contributed by atoms with Crippen LogP contribution in [0.1, 0.15) is 32.1 Å². The molecule has 1 aliphatic heterocycles. The Morgan fingerprint density at radius 1 is 1.14 bits per heavy atom. The number of hydrogen-bond donors (Lipinski definition) is 2. The lowest BCUT2D eigenvalue weighted by atomic mass is 9.97. The average Bonchev–Trinajstić information content (AvgIpc) is 2.75. The van der Waals surface area contributed by atoms with Gasteiger partial charge in [0.05, 0.1) is 13.7 Å². The minimum Gasteiger partial charge on any atom is -0.497 e. The molecule has 3 rings (SSSR count). The summed E-state index contributed by atoms with van der Waals surface area (Å²) < 4.78 is 5.29. The number of rotatable bonds is 7. The topological polar surface area (TPSA) is 73.9 Å². The zero-order valence-corrected chi connectivity index (χ0v) is 17.3. The lowest BCUT2D eigenvalue weighted by molar-refractivity contribution is -0.121. The van der Waals surface area contributed by atoms with E-state index in [1.54, 1.807) is 7.11 Å². The maximum Gasteiger partial charge on any atom is 0.321 e. The summed E-state index contributed by atoms with van der Waals surface area (Å²) in [6, 6.07) is 7.61. The molecule has 0 radical (unpaired) electrons. The predicted octanol–water partition coefficient (Wildman–Crippen LogP) is 2.53. The minimum atomic E-state index is -0.401. The molecule has 2 N–H and O–H groups in total. The number of methoxy groups -OCH3 is 1. The number of carbonyl (C=O) groups is 2. The number of anilines is 1. The van der Waals surface area contributed by atoms with Crippen LogP contribution in [0.2, 0.25) is 0 Å². The summed E-state index contributed by atoms with van der Waals surface area (Å²) >= 11 is 0. The zero-order valence-electron chi connectivity index (χ0n) is 17.3. The van der Waals surface area contributed by atoms with Crippen LogP contribution in [-0.2, 0) is 4.79 Å². The molecule has 1 aliphatic carbocycles. The lowest BCUT2D eigenvalue weighted by Gasteiger charge is -2.35. The molecular weight excluding hydrogens is 368 g/mol. The van der Waals surface area contributed by atoms with Crippen molar-refractivity contribution in [2.24, 2.45) is 0 Å². The van der Waals surface area contributed by atoms with E-state index in [0.717, 1.165) is 56.9 Å². The van der Waals surface area contributed by atoms with Crippen molar-refractivity contribution in [1.82, 2.24) is 15.5 Å². The normalized spacial score (nSPS) is 17.4. The number of imide groups is 1. The van der Waals surface area contributed by atoms with Crippen LogP contribution >= 0.6 is 0 Å². The molecule has 0 saturated carbocycles. The van der Waals surface area contributed by atoms with Crippen LogP contribution in [0, 0.1) is 0 Å². The Labute approximate surface area is 173 Å². The second-order valence-corrected chi connectivity index (χ2v) is 7.63. The first-order valence-corrected chi connectivity index (χ1v) is 10.5. The maximum atomic E-state index is 12.2. The van der Waals surface area contributed by atoms with Gasteiger partial charge in [0.25, 0.3) is 0 Å². The predicted molar refractivity (Wildman–Crippen MR) is 114 cm³/mol. The first-order valence-electron chi connectivity index (χ1n) is 10.5. The lowest BCUT2D eigenvalue weighted by Crippen LogP contribution is -2.51. The molecule has 0 aromatic heterocycles. The van der Waals surface area contributed by atoms with Gasteiger partial charge in [0.1, 0.15) is 5.75 Å². The van der Waals surface area contributed by atoms with Crippen LogP contribution in [0.25, 0.3) is 0 Å². The van der Waals surface area contributed by atoms with E-state index in [1.807, 2.05) is 18.2 Å². The largest absolute Gasteiger partial charge is 0.497 e. The smallest absolute Gasteiger partial charge is 0.321 e. The number of nitrogens with zero attached hydrogens (tertiary/aromatic N) is 2. The molecule has 1 aromatic rings. The third-order valence-electron chi connectivity index (χ3n) is 5.53. The van der Waals surface area contributed by atoms with Gasteiger partial charge < -0.3 is 15.0 Å². The Kier molecular flexibility index (Phi) is 7.93. The highest BCUT2D eigenvalue weighted by Gasteiger charge is 2.20. The summed E-state index contributed by atoms with van der Waals surface area (Å²) in [6.07, 6.45) is 7.92. The molecular formula is C22H32N4O3. The van der Waals surface area contributed by atoms with Gasteiger partial charge in [-0.1, -0.05) is 17.7 Å². The van der Waals surface area contributed by atoms with Gasteiger partial charge >= 0.3 is 6.03 Å². The van der Waals surface area contributed by atoms with Crippen molar-refractivity contribution in [2.45, 2.75) is 32.1 Å². The summed E-state index contributed by atoms with van der Waals surface area (Å²) in [4.78, 5) is 28.5. The molecule has 7 heteroatoms. The fraction of sp³-hybridized carbons (Fsp3) is 0.545. The number of piperazine rings is 1. The van der Waals surface area contributed by atoms with E-state index in [4.69, 9.17) is 4.74 Å². The number of hydrogen-bond acceptors (Lipinski definition) is 5. The zero-order chi connectivity index (χ0) is 20.5. The molecule has 3 amide bonds. The molecule has 0 spiro atoms. The van der Waals surface area contributed by atoms with Gasteiger partial charge in [0.2, 0.25) is 5.91 Å². The van der Waals surface area contributed by atoms with Gasteiger partial charge in [0.15, 0.2) is 0 Å². The molecule has 0 bridgehead atoms. The third kappa shape index (κ3) is 6.78. The number of amides is 3. The van der Waals surface area contributed by atoms with E-state index < -0.39 is 6.03 Å². The van der Waals surface area contributed by atoms with Crippen LogP contribution in [0.4, 0.5) is 10.5 Å². The molecule has 2 aliphatic rings. The highest BCUT2D eigenvalue weighted by molar-refractivity contribution is 5.95. The Morgan fingerprint density at radius 3 is 2.69 bits per heavy atom. The van der Waals surface area contributed by atoms with Gasteiger partial charge in [-0.15, -0.1) is 0 Å². The van der Waals surface area contributed by atoms with E-state index in [-0.39, 0.29) is 12.5 Å². The van der Waals surface area contributed by atoms with E-state index in [1.165, 1.54) is 18.4 Å². The third-order valence-corrected chi connectivity index (χ3v) is 5.53. The Bertz CT molecular complexity index is 727. The highest BCUT2D eigenvalue weighted by atomic mass is 16.5. The van der Waals surface area contributed by atoms with Crippen LogP contribution in [-0.4, -0.2) is 63.2 Å². The Morgan fingerprint density at radius 2 is 1.97 bits per heavy atom. The first-order chi connectivity index (χ1) is 14.1. The van der Waals surface area contributed by atoms with Gasteiger partial charge in [-0.3, -0.25) is 15.0 Å². The molecule has 1 heterocycles. The van der Waals surface area contributed by atoms with E-state index in [0.29, 0.717) is 6.54 Å². The molecule has 1 aromatic carbocycles. The summed E-state index contributed by atoms with van der Waals surface area (Å²) in [5, 5.41) is 5.23. The number of nitrogens with one attached hydrogen (secondary N) is 2. The fourth-order valence-corrected chi connectivity index (χ4v) is 3.85. The first kappa shape index (κ1) is 21.2. The van der Waals surface area contributed by atoms with Crippen molar-refractivity contribution < 1.29 is 14.3 Å². The molecule has 29 heavy (non-hydrogen) atoms. The quantitative estimate of drug-likeness (QED) is 0.688. The molecule has 1 saturated heterocycles. The van der Waals surface area contributed by atoms with Gasteiger partial charge in [0, 0.05) is 44.5 Å². The number of carbonyl (C=O) groups excluding carboxylic acids is 2. The van der Waals surface area contributed by atoms with Gasteiger partial charge in [-0.05, 0) is 44.2 Å². The van der Waals surface area contributed by atoms with Gasteiger partial charge in [-0.25, -0.2) is 4.79 Å². The highest BCUT2D eigenvalue weighted by Crippen LogP contribution is 2.22. The van der Waals surface area contributed by atoms with E-state index in [2.05, 4.69) is 32.6 Å². The second kappa shape index (κ2) is 10.9. The molecule has 7 nitrogen and oxygen atoms in total. The Hall–Kier alpha value is -2.54. The van der Waals surface area contributed by atoms with Crippen molar-refractivity contribution in [3.63, 3.8) is 0 Å². The number of urea groups is 1. The van der Waals surface area contributed by atoms with Crippen molar-refractivity contribution in [2.75, 3.05) is 51.3 Å². The van der Waals surface area contributed by atoms with E-state index >= 15 is 0 Å². The number of allylic oxidation sites excluding steroid dienone is 1. The van der Waals surface area contributed by atoms with Gasteiger partial charge in [-0.2, -0.15) is 0 Å². The standard InChI is InChI=1S/C22H32N4O3/c1-29-20-9-5-8-19(16-20)26-14-12-25(13-15-26)17-21(27)24-22(28)23-11-10-18-6-3-2-4-7-18/h5-6,8-9,16H,2-4,7,10-15,17H2,1H3,(H2,23,24,27,28). The monoisotopic (exact) mass is 400 g/mol. The van der Waals surface area contributed by atoms with Crippen molar-refractivity contribution in [3.8, 4) is 5.75 Å². The average molecular weight is 401 g/mol. The Balaban J connectivity index is 1.33. The fourth-order valence-electron chi connectivity index (χ4n) is 3.85. The van der Waals surface area contributed by atoms with Crippen LogP contribution in [0.3, 0.4) is 0 Å². The molecule has 1 fully saturated rings. The minimum absolute atomic E-state index is 0.241. The molecule has 0 atom stereocenters. The summed E-state index contributed by atoms with van der Waals surface area (Å²) in [6.45, 7) is 4.04. The number of ether oxygens (including phenoxy) is 1. The van der Waals surface area contributed by atoms with Crippen molar-refractivity contribution in [3.05, 3.63) is 35.9 Å². The van der Waals surface area contributed by atoms with E-state index in [9.17, 15) is 9.59 Å². The summed E-state index contributed by atoms with van der Waals surface area (Å²) in [5.74, 6) is 0.587. The molecule has 0 unspecified atom stereocenters.